The second-order valence-electron chi connectivity index (χ2n) is 3.31. The number of halogens is 2. The van der Waals surface area contributed by atoms with Crippen molar-refractivity contribution in [3.05, 3.63) is 56.6 Å². The molecule has 0 aromatic heterocycles. The van der Waals surface area contributed by atoms with Gasteiger partial charge in [0.15, 0.2) is 0 Å². The molecule has 1 nitrogen and oxygen atoms in total. The summed E-state index contributed by atoms with van der Waals surface area (Å²) in [6.07, 6.45) is 0. The molecule has 2 aromatic rings. The van der Waals surface area contributed by atoms with Gasteiger partial charge in [0.2, 0.25) is 0 Å². The number of nitriles is 1. The molecular formula is C13H7ClINS. The van der Waals surface area contributed by atoms with Crippen molar-refractivity contribution in [3.63, 3.8) is 0 Å². The first-order chi connectivity index (χ1) is 8.19. The molecule has 0 saturated carbocycles. The fraction of sp³-hybridized carbons (Fsp3) is 0. The number of nitrogens with zero attached hydrogens (tertiary/aromatic N) is 1. The summed E-state index contributed by atoms with van der Waals surface area (Å²) in [5.41, 5.74) is 0.705. The minimum atomic E-state index is 0.705. The third kappa shape index (κ3) is 3.38. The maximum atomic E-state index is 9.08. The van der Waals surface area contributed by atoms with Crippen molar-refractivity contribution in [1.82, 2.24) is 0 Å². The number of rotatable bonds is 2. The van der Waals surface area contributed by atoms with Crippen LogP contribution in [0.25, 0.3) is 0 Å². The van der Waals surface area contributed by atoms with Crippen molar-refractivity contribution in [3.8, 4) is 6.07 Å². The van der Waals surface area contributed by atoms with Crippen LogP contribution in [0.1, 0.15) is 5.56 Å². The van der Waals surface area contributed by atoms with Crippen LogP contribution in [-0.2, 0) is 0 Å². The molecule has 0 fully saturated rings. The molecule has 0 amide bonds. The molecule has 0 heterocycles. The SMILES string of the molecule is N#Cc1cc(I)ccc1Sc1ccc(Cl)cc1. The quantitative estimate of drug-likeness (QED) is 0.696. The summed E-state index contributed by atoms with van der Waals surface area (Å²) in [4.78, 5) is 2.04. The van der Waals surface area contributed by atoms with Gasteiger partial charge in [0.1, 0.15) is 6.07 Å². The van der Waals surface area contributed by atoms with Gasteiger partial charge in [-0.05, 0) is 65.1 Å². The van der Waals surface area contributed by atoms with Gasteiger partial charge in [0, 0.05) is 18.4 Å². The molecule has 0 aliphatic carbocycles. The topological polar surface area (TPSA) is 23.8 Å². The summed E-state index contributed by atoms with van der Waals surface area (Å²) in [5, 5.41) is 9.80. The molecule has 0 spiro atoms. The molecule has 84 valence electrons. The van der Waals surface area contributed by atoms with E-state index in [0.717, 1.165) is 18.4 Å². The van der Waals surface area contributed by atoms with Crippen LogP contribution in [0.5, 0.6) is 0 Å². The van der Waals surface area contributed by atoms with Crippen LogP contribution < -0.4 is 0 Å². The van der Waals surface area contributed by atoms with Gasteiger partial charge in [-0.1, -0.05) is 23.4 Å². The Labute approximate surface area is 123 Å². The highest BCUT2D eigenvalue weighted by atomic mass is 127. The molecular weight excluding hydrogens is 365 g/mol. The summed E-state index contributed by atoms with van der Waals surface area (Å²) in [5.74, 6) is 0. The van der Waals surface area contributed by atoms with Crippen molar-refractivity contribution in [1.29, 1.82) is 5.26 Å². The maximum Gasteiger partial charge on any atom is 0.100 e. The van der Waals surface area contributed by atoms with Crippen LogP contribution in [-0.4, -0.2) is 0 Å². The fourth-order valence-electron chi connectivity index (χ4n) is 1.31. The zero-order valence-electron chi connectivity index (χ0n) is 8.65. The molecule has 2 aromatic carbocycles. The van der Waals surface area contributed by atoms with E-state index < -0.39 is 0 Å². The normalized spacial score (nSPS) is 9.94. The van der Waals surface area contributed by atoms with Gasteiger partial charge < -0.3 is 0 Å². The van der Waals surface area contributed by atoms with Crippen LogP contribution in [0.15, 0.2) is 52.3 Å². The van der Waals surface area contributed by atoms with Crippen LogP contribution in [0, 0.1) is 14.9 Å². The van der Waals surface area contributed by atoms with Gasteiger partial charge in [-0.25, -0.2) is 0 Å². The average molecular weight is 372 g/mol. The molecule has 0 aliphatic heterocycles. The molecule has 2 rings (SSSR count). The Morgan fingerprint density at radius 3 is 2.47 bits per heavy atom. The van der Waals surface area contributed by atoms with Gasteiger partial charge in [-0.2, -0.15) is 5.26 Å². The van der Waals surface area contributed by atoms with E-state index in [1.54, 1.807) is 11.8 Å². The van der Waals surface area contributed by atoms with E-state index in [4.69, 9.17) is 16.9 Å². The van der Waals surface area contributed by atoms with E-state index in [1.165, 1.54) is 0 Å². The number of hydrogen-bond donors (Lipinski definition) is 0. The minimum Gasteiger partial charge on any atom is -0.192 e. The Morgan fingerprint density at radius 2 is 1.82 bits per heavy atom. The van der Waals surface area contributed by atoms with Crippen LogP contribution in [0.3, 0.4) is 0 Å². The van der Waals surface area contributed by atoms with Gasteiger partial charge >= 0.3 is 0 Å². The van der Waals surface area contributed by atoms with E-state index in [1.807, 2.05) is 42.5 Å². The van der Waals surface area contributed by atoms with E-state index in [2.05, 4.69) is 28.7 Å². The Morgan fingerprint density at radius 1 is 1.12 bits per heavy atom. The summed E-state index contributed by atoms with van der Waals surface area (Å²) >= 11 is 9.61. The Balaban J connectivity index is 2.30. The first kappa shape index (κ1) is 12.7. The fourth-order valence-corrected chi connectivity index (χ4v) is 2.80. The van der Waals surface area contributed by atoms with Gasteiger partial charge in [-0.3, -0.25) is 0 Å². The highest BCUT2D eigenvalue weighted by Gasteiger charge is 2.04. The standard InChI is InChI=1S/C13H7ClINS/c14-10-1-4-12(5-2-10)17-13-6-3-11(15)7-9(13)8-16/h1-7H. The second kappa shape index (κ2) is 5.76. The molecule has 0 saturated heterocycles. The smallest absolute Gasteiger partial charge is 0.100 e. The molecule has 0 atom stereocenters. The Kier molecular flexibility index (Phi) is 4.32. The van der Waals surface area contributed by atoms with Crippen molar-refractivity contribution in [2.45, 2.75) is 9.79 Å². The van der Waals surface area contributed by atoms with Crippen LogP contribution in [0.4, 0.5) is 0 Å². The van der Waals surface area contributed by atoms with Gasteiger partial charge in [-0.15, -0.1) is 0 Å². The molecule has 0 radical (unpaired) electrons. The molecule has 0 bridgehead atoms. The molecule has 0 N–H and O–H groups in total. The lowest BCUT2D eigenvalue weighted by Crippen LogP contribution is -1.83. The summed E-state index contributed by atoms with van der Waals surface area (Å²) in [6, 6.07) is 15.7. The first-order valence-corrected chi connectivity index (χ1v) is 7.09. The average Bonchev–Trinajstić information content (AvgIpc) is 2.34. The number of benzene rings is 2. The van der Waals surface area contributed by atoms with Gasteiger partial charge in [0.25, 0.3) is 0 Å². The van der Waals surface area contributed by atoms with E-state index in [0.29, 0.717) is 5.56 Å². The molecule has 0 aliphatic rings. The third-order valence-electron chi connectivity index (χ3n) is 2.10. The molecule has 4 heteroatoms. The third-order valence-corrected chi connectivity index (χ3v) is 4.11. The first-order valence-electron chi connectivity index (χ1n) is 4.82. The predicted molar refractivity (Wildman–Crippen MR) is 79.4 cm³/mol. The van der Waals surface area contributed by atoms with Crippen LogP contribution in [0.2, 0.25) is 5.02 Å². The van der Waals surface area contributed by atoms with Crippen molar-refractivity contribution < 1.29 is 0 Å². The largest absolute Gasteiger partial charge is 0.192 e. The predicted octanol–water partition coefficient (Wildman–Crippen LogP) is 4.97. The highest BCUT2D eigenvalue weighted by molar-refractivity contribution is 14.1. The lowest BCUT2D eigenvalue weighted by molar-refractivity contribution is 1.34. The summed E-state index contributed by atoms with van der Waals surface area (Å²) in [7, 11) is 0. The lowest BCUT2D eigenvalue weighted by atomic mass is 10.2. The zero-order chi connectivity index (χ0) is 12.3. The number of hydrogen-bond acceptors (Lipinski definition) is 2. The van der Waals surface area contributed by atoms with Crippen molar-refractivity contribution in [2.75, 3.05) is 0 Å². The molecule has 17 heavy (non-hydrogen) atoms. The maximum absolute atomic E-state index is 9.08. The summed E-state index contributed by atoms with van der Waals surface area (Å²) < 4.78 is 1.07. The lowest BCUT2D eigenvalue weighted by Gasteiger charge is -2.04. The minimum absolute atomic E-state index is 0.705. The van der Waals surface area contributed by atoms with E-state index in [9.17, 15) is 0 Å². The van der Waals surface area contributed by atoms with Gasteiger partial charge in [0.05, 0.1) is 5.56 Å². The van der Waals surface area contributed by atoms with E-state index in [-0.39, 0.29) is 0 Å². The van der Waals surface area contributed by atoms with Crippen LogP contribution >= 0.6 is 46.0 Å². The van der Waals surface area contributed by atoms with E-state index >= 15 is 0 Å². The van der Waals surface area contributed by atoms with Crippen molar-refractivity contribution >= 4 is 46.0 Å². The second-order valence-corrected chi connectivity index (χ2v) is 6.11. The zero-order valence-corrected chi connectivity index (χ0v) is 12.4. The Bertz CT molecular complexity index is 575. The van der Waals surface area contributed by atoms with Crippen molar-refractivity contribution in [2.24, 2.45) is 0 Å². The summed E-state index contributed by atoms with van der Waals surface area (Å²) in [6.45, 7) is 0. The highest BCUT2D eigenvalue weighted by Crippen LogP contribution is 2.31. The molecule has 0 unspecified atom stereocenters. The monoisotopic (exact) mass is 371 g/mol. The Hall–Kier alpha value is -0.700.